The normalized spacial score (nSPS) is 12.4. The Labute approximate surface area is 90.1 Å². The van der Waals surface area contributed by atoms with Gasteiger partial charge in [-0.2, -0.15) is 0 Å². The maximum absolute atomic E-state index is 4.26. The summed E-state index contributed by atoms with van der Waals surface area (Å²) in [4.78, 5) is 4.26. The Balaban J connectivity index is 2.67. The summed E-state index contributed by atoms with van der Waals surface area (Å²) in [6.07, 6.45) is 4.04. The minimum absolute atomic E-state index is 0.581. The predicted octanol–water partition coefficient (Wildman–Crippen LogP) is 2.79. The van der Waals surface area contributed by atoms with Crippen molar-refractivity contribution in [3.05, 3.63) is 22.2 Å². The highest BCUT2D eigenvalue weighted by Gasteiger charge is 2.03. The van der Waals surface area contributed by atoms with Gasteiger partial charge in [0, 0.05) is 18.1 Å². The summed E-state index contributed by atoms with van der Waals surface area (Å²) in [6.45, 7) is 8.55. The van der Waals surface area contributed by atoms with E-state index in [1.807, 2.05) is 11.6 Å². The van der Waals surface area contributed by atoms with Gasteiger partial charge in [-0.1, -0.05) is 26.3 Å². The molecule has 78 valence electrons. The van der Waals surface area contributed by atoms with E-state index in [9.17, 15) is 0 Å². The van der Waals surface area contributed by atoms with Crippen molar-refractivity contribution in [1.82, 2.24) is 10.3 Å². The maximum Gasteiger partial charge on any atom is 0.115 e. The lowest BCUT2D eigenvalue weighted by atomic mass is 10.0. The summed E-state index contributed by atoms with van der Waals surface area (Å²) in [7, 11) is 0. The molecule has 0 aliphatic rings. The number of hydrogen-bond acceptors (Lipinski definition) is 3. The van der Waals surface area contributed by atoms with Crippen LogP contribution in [0.25, 0.3) is 6.08 Å². The average Bonchev–Trinajstić information content (AvgIpc) is 2.64. The lowest BCUT2D eigenvalue weighted by Gasteiger charge is -2.10. The van der Waals surface area contributed by atoms with Gasteiger partial charge in [0.1, 0.15) is 5.01 Å². The molecule has 0 spiro atoms. The molecule has 1 aromatic heterocycles. The van der Waals surface area contributed by atoms with Crippen molar-refractivity contribution >= 4 is 17.4 Å². The molecular formula is C11H18N2S. The fraction of sp³-hybridized carbons (Fsp3) is 0.545. The van der Waals surface area contributed by atoms with E-state index in [2.05, 4.69) is 37.1 Å². The van der Waals surface area contributed by atoms with Gasteiger partial charge in [0.25, 0.3) is 0 Å². The molecular weight excluding hydrogens is 192 g/mol. The van der Waals surface area contributed by atoms with Crippen LogP contribution < -0.4 is 5.32 Å². The van der Waals surface area contributed by atoms with Gasteiger partial charge in [0.15, 0.2) is 0 Å². The molecule has 1 N–H and O–H groups in total. The lowest BCUT2D eigenvalue weighted by molar-refractivity contribution is 0.682. The molecule has 0 atom stereocenters. The van der Waals surface area contributed by atoms with Gasteiger partial charge in [-0.05, 0) is 18.5 Å². The minimum Gasteiger partial charge on any atom is -0.313 e. The number of hydrogen-bond donors (Lipinski definition) is 1. The molecule has 0 bridgehead atoms. The van der Waals surface area contributed by atoms with E-state index in [-0.39, 0.29) is 0 Å². The van der Waals surface area contributed by atoms with E-state index in [1.165, 1.54) is 5.57 Å². The van der Waals surface area contributed by atoms with Gasteiger partial charge in [-0.3, -0.25) is 0 Å². The van der Waals surface area contributed by atoms with Crippen LogP contribution in [0.15, 0.2) is 17.2 Å². The first-order valence-electron chi connectivity index (χ1n) is 5.04. The van der Waals surface area contributed by atoms with Crippen molar-refractivity contribution in [2.24, 2.45) is 5.92 Å². The van der Waals surface area contributed by atoms with E-state index < -0.39 is 0 Å². The first-order valence-corrected chi connectivity index (χ1v) is 5.92. The summed E-state index contributed by atoms with van der Waals surface area (Å²) in [6, 6.07) is 0. The van der Waals surface area contributed by atoms with Crippen molar-refractivity contribution in [2.45, 2.75) is 20.8 Å². The van der Waals surface area contributed by atoms with Gasteiger partial charge < -0.3 is 5.32 Å². The van der Waals surface area contributed by atoms with Crippen molar-refractivity contribution in [2.75, 3.05) is 13.1 Å². The molecule has 0 unspecified atom stereocenters. The zero-order valence-corrected chi connectivity index (χ0v) is 9.90. The van der Waals surface area contributed by atoms with Gasteiger partial charge in [0.2, 0.25) is 0 Å². The molecule has 0 radical (unpaired) electrons. The molecule has 0 aliphatic heterocycles. The standard InChI is InChI=1S/C11H18N2S/c1-4-12-8-10(9(2)3)7-11-13-5-6-14-11/h5-7,9,12H,4,8H2,1-3H3/b10-7-. The van der Waals surface area contributed by atoms with Gasteiger partial charge in [-0.15, -0.1) is 11.3 Å². The molecule has 0 fully saturated rings. The number of likely N-dealkylation sites (N-methyl/N-ethyl adjacent to an activating group) is 1. The van der Waals surface area contributed by atoms with Gasteiger partial charge in [-0.25, -0.2) is 4.98 Å². The summed E-state index contributed by atoms with van der Waals surface area (Å²) < 4.78 is 0. The second-order valence-corrected chi connectivity index (χ2v) is 4.45. The van der Waals surface area contributed by atoms with Crippen LogP contribution in [-0.2, 0) is 0 Å². The summed E-state index contributed by atoms with van der Waals surface area (Å²) in [5.74, 6) is 0.581. The van der Waals surface area contributed by atoms with Gasteiger partial charge >= 0.3 is 0 Å². The lowest BCUT2D eigenvalue weighted by Crippen LogP contribution is -2.18. The Morgan fingerprint density at radius 3 is 2.93 bits per heavy atom. The zero-order chi connectivity index (χ0) is 10.4. The SMILES string of the molecule is CCNC/C(=C/c1nccs1)C(C)C. The first kappa shape index (κ1) is 11.4. The summed E-state index contributed by atoms with van der Waals surface area (Å²) in [5.41, 5.74) is 1.42. The van der Waals surface area contributed by atoms with Crippen molar-refractivity contribution < 1.29 is 0 Å². The van der Waals surface area contributed by atoms with Crippen LogP contribution in [0.1, 0.15) is 25.8 Å². The zero-order valence-electron chi connectivity index (χ0n) is 9.08. The highest BCUT2D eigenvalue weighted by atomic mass is 32.1. The molecule has 1 heterocycles. The van der Waals surface area contributed by atoms with Crippen LogP contribution in [0.2, 0.25) is 0 Å². The Hall–Kier alpha value is -0.670. The third kappa shape index (κ3) is 3.60. The number of rotatable bonds is 5. The van der Waals surface area contributed by atoms with Crippen LogP contribution in [0.5, 0.6) is 0 Å². The Morgan fingerprint density at radius 1 is 1.64 bits per heavy atom. The highest BCUT2D eigenvalue weighted by Crippen LogP contribution is 2.15. The number of thiazole rings is 1. The molecule has 0 saturated heterocycles. The monoisotopic (exact) mass is 210 g/mol. The first-order chi connectivity index (χ1) is 6.74. The number of nitrogens with zero attached hydrogens (tertiary/aromatic N) is 1. The fourth-order valence-electron chi connectivity index (χ4n) is 1.16. The minimum atomic E-state index is 0.581. The van der Waals surface area contributed by atoms with Crippen molar-refractivity contribution in [3.63, 3.8) is 0 Å². The van der Waals surface area contributed by atoms with Crippen LogP contribution >= 0.6 is 11.3 Å². The Morgan fingerprint density at radius 2 is 2.43 bits per heavy atom. The molecule has 0 aromatic carbocycles. The third-order valence-electron chi connectivity index (χ3n) is 2.08. The molecule has 0 saturated carbocycles. The number of aromatic nitrogens is 1. The third-order valence-corrected chi connectivity index (χ3v) is 2.80. The molecule has 0 aliphatic carbocycles. The summed E-state index contributed by atoms with van der Waals surface area (Å²) >= 11 is 1.69. The molecule has 14 heavy (non-hydrogen) atoms. The Kier molecular flexibility index (Phi) is 4.84. The molecule has 1 rings (SSSR count). The van der Waals surface area contributed by atoms with Crippen LogP contribution in [0.3, 0.4) is 0 Å². The van der Waals surface area contributed by atoms with Crippen molar-refractivity contribution in [1.29, 1.82) is 0 Å². The van der Waals surface area contributed by atoms with E-state index in [4.69, 9.17) is 0 Å². The van der Waals surface area contributed by atoms with E-state index in [0.29, 0.717) is 5.92 Å². The Bertz CT molecular complexity index is 275. The molecule has 0 amide bonds. The van der Waals surface area contributed by atoms with Gasteiger partial charge in [0.05, 0.1) is 0 Å². The van der Waals surface area contributed by atoms with Crippen LogP contribution in [-0.4, -0.2) is 18.1 Å². The van der Waals surface area contributed by atoms with Crippen LogP contribution in [0, 0.1) is 5.92 Å². The van der Waals surface area contributed by atoms with E-state index >= 15 is 0 Å². The molecule has 3 heteroatoms. The second kappa shape index (κ2) is 5.94. The quantitative estimate of drug-likeness (QED) is 0.808. The maximum atomic E-state index is 4.26. The largest absolute Gasteiger partial charge is 0.313 e. The molecule has 1 aromatic rings. The second-order valence-electron chi connectivity index (χ2n) is 3.52. The van der Waals surface area contributed by atoms with E-state index in [1.54, 1.807) is 11.3 Å². The molecule has 2 nitrogen and oxygen atoms in total. The van der Waals surface area contributed by atoms with E-state index in [0.717, 1.165) is 18.1 Å². The summed E-state index contributed by atoms with van der Waals surface area (Å²) in [5, 5.41) is 6.46. The topological polar surface area (TPSA) is 24.9 Å². The van der Waals surface area contributed by atoms with Crippen LogP contribution in [0.4, 0.5) is 0 Å². The fourth-order valence-corrected chi connectivity index (χ4v) is 1.76. The predicted molar refractivity (Wildman–Crippen MR) is 63.5 cm³/mol. The number of nitrogens with one attached hydrogen (secondary N) is 1. The highest BCUT2D eigenvalue weighted by molar-refractivity contribution is 7.10. The smallest absolute Gasteiger partial charge is 0.115 e. The average molecular weight is 210 g/mol. The van der Waals surface area contributed by atoms with Crippen molar-refractivity contribution in [3.8, 4) is 0 Å².